The molecule has 0 radical (unpaired) electrons. The van der Waals surface area contributed by atoms with E-state index in [9.17, 15) is 23.3 Å². The van der Waals surface area contributed by atoms with E-state index < -0.39 is 31.4 Å². The number of benzene rings is 3. The van der Waals surface area contributed by atoms with E-state index >= 15 is 0 Å². The van der Waals surface area contributed by atoms with Crippen molar-refractivity contribution in [2.45, 2.75) is 11.8 Å². The number of halogens is 2. The quantitative estimate of drug-likeness (QED) is 0.368. The molecule has 0 saturated heterocycles. The fraction of sp³-hybridized carbons (Fsp3) is 0.0500. The zero-order chi connectivity index (χ0) is 22.8. The van der Waals surface area contributed by atoms with Crippen LogP contribution in [0.3, 0.4) is 0 Å². The molecule has 3 rings (SSSR count). The van der Waals surface area contributed by atoms with E-state index in [1.54, 1.807) is 18.2 Å². The second kappa shape index (κ2) is 8.93. The third-order valence-electron chi connectivity index (χ3n) is 4.15. The number of hydrogen-bond donors (Lipinski definition) is 2. The number of anilines is 2. The summed E-state index contributed by atoms with van der Waals surface area (Å²) in [6.45, 7) is 1.83. The van der Waals surface area contributed by atoms with Crippen molar-refractivity contribution >= 4 is 56.2 Å². The predicted octanol–water partition coefficient (Wildman–Crippen LogP) is 5.26. The predicted molar refractivity (Wildman–Crippen MR) is 119 cm³/mol. The molecule has 0 unspecified atom stereocenters. The van der Waals surface area contributed by atoms with Gasteiger partial charge in [0.1, 0.15) is 0 Å². The number of carbonyl (C=O) groups is 1. The highest BCUT2D eigenvalue weighted by molar-refractivity contribution is 7.92. The number of rotatable bonds is 6. The molecule has 0 aliphatic rings. The van der Waals surface area contributed by atoms with Crippen LogP contribution in [0.15, 0.2) is 65.6 Å². The number of nitro benzene ring substituents is 1. The molecule has 0 spiro atoms. The minimum Gasteiger partial charge on any atom is -0.322 e. The van der Waals surface area contributed by atoms with Crippen molar-refractivity contribution < 1.29 is 18.1 Å². The Morgan fingerprint density at radius 1 is 1.00 bits per heavy atom. The first-order valence-electron chi connectivity index (χ1n) is 8.71. The summed E-state index contributed by atoms with van der Waals surface area (Å²) in [6, 6.07) is 14.3. The summed E-state index contributed by atoms with van der Waals surface area (Å²) in [5, 5.41) is 14.2. The van der Waals surface area contributed by atoms with Crippen LogP contribution in [-0.2, 0) is 10.0 Å². The van der Waals surface area contributed by atoms with E-state index in [1.807, 2.05) is 13.0 Å². The topological polar surface area (TPSA) is 118 Å². The van der Waals surface area contributed by atoms with Crippen molar-refractivity contribution in [1.82, 2.24) is 0 Å². The van der Waals surface area contributed by atoms with Crippen LogP contribution in [0.4, 0.5) is 17.1 Å². The maximum Gasteiger partial charge on any atom is 0.291 e. The summed E-state index contributed by atoms with van der Waals surface area (Å²) in [5.41, 5.74) is 0.495. The average molecular weight is 480 g/mol. The van der Waals surface area contributed by atoms with Gasteiger partial charge in [-0.15, -0.1) is 0 Å². The summed E-state index contributed by atoms with van der Waals surface area (Å²) in [7, 11) is -4.43. The normalized spacial score (nSPS) is 11.1. The monoisotopic (exact) mass is 479 g/mol. The second-order valence-corrected chi connectivity index (χ2v) is 8.99. The molecular formula is C20H15Cl2N3O5S. The Bertz CT molecular complexity index is 1280. The fourth-order valence-electron chi connectivity index (χ4n) is 2.72. The number of carbonyl (C=O) groups excluding carboxylic acids is 1. The standard InChI is InChI=1S/C20H15Cl2N3O5S/c1-12-3-2-4-15(9-12)23-20(26)16-10-19(18(25(27)28)11-17(16)22)31(29,30)24-14-7-5-13(21)6-8-14/h2-11,24H,1H3,(H,23,26). The van der Waals surface area contributed by atoms with Gasteiger partial charge in [-0.1, -0.05) is 35.3 Å². The molecule has 0 saturated carbocycles. The van der Waals surface area contributed by atoms with Gasteiger partial charge in [-0.3, -0.25) is 19.6 Å². The molecule has 31 heavy (non-hydrogen) atoms. The summed E-state index contributed by atoms with van der Waals surface area (Å²) < 4.78 is 28.0. The summed E-state index contributed by atoms with van der Waals surface area (Å²) in [5.74, 6) is -0.714. The number of nitrogens with one attached hydrogen (secondary N) is 2. The Morgan fingerprint density at radius 3 is 2.29 bits per heavy atom. The van der Waals surface area contributed by atoms with Gasteiger partial charge in [0.2, 0.25) is 0 Å². The van der Waals surface area contributed by atoms with Crippen molar-refractivity contribution in [3.05, 3.63) is 92.0 Å². The fourth-order valence-corrected chi connectivity index (χ4v) is 4.33. The van der Waals surface area contributed by atoms with Crippen LogP contribution in [0.25, 0.3) is 0 Å². The zero-order valence-corrected chi connectivity index (χ0v) is 18.3. The smallest absolute Gasteiger partial charge is 0.291 e. The van der Waals surface area contributed by atoms with Gasteiger partial charge in [-0.05, 0) is 55.0 Å². The minimum absolute atomic E-state index is 0.138. The van der Waals surface area contributed by atoms with Crippen LogP contribution in [0.2, 0.25) is 10.0 Å². The summed E-state index contributed by atoms with van der Waals surface area (Å²) in [4.78, 5) is 22.6. The van der Waals surface area contributed by atoms with Crippen LogP contribution in [0.1, 0.15) is 15.9 Å². The van der Waals surface area contributed by atoms with Crippen LogP contribution < -0.4 is 10.0 Å². The molecule has 0 heterocycles. The van der Waals surface area contributed by atoms with Gasteiger partial charge in [0.15, 0.2) is 4.90 Å². The van der Waals surface area contributed by atoms with Gasteiger partial charge < -0.3 is 5.32 Å². The van der Waals surface area contributed by atoms with Crippen molar-refractivity contribution in [1.29, 1.82) is 0 Å². The molecule has 0 atom stereocenters. The molecular weight excluding hydrogens is 465 g/mol. The van der Waals surface area contributed by atoms with E-state index in [-0.39, 0.29) is 16.3 Å². The third-order valence-corrected chi connectivity index (χ3v) is 6.13. The van der Waals surface area contributed by atoms with Crippen LogP contribution >= 0.6 is 23.2 Å². The molecule has 3 aromatic carbocycles. The molecule has 0 fully saturated rings. The van der Waals surface area contributed by atoms with Gasteiger partial charge in [0.05, 0.1) is 15.5 Å². The Hall–Kier alpha value is -3.14. The number of aryl methyl sites for hydroxylation is 1. The van der Waals surface area contributed by atoms with Crippen LogP contribution in [-0.4, -0.2) is 19.2 Å². The van der Waals surface area contributed by atoms with Gasteiger partial charge >= 0.3 is 0 Å². The molecule has 0 aliphatic heterocycles. The minimum atomic E-state index is -4.43. The highest BCUT2D eigenvalue weighted by Crippen LogP contribution is 2.32. The molecule has 160 valence electrons. The van der Waals surface area contributed by atoms with E-state index in [2.05, 4.69) is 10.0 Å². The molecule has 0 bridgehead atoms. The molecule has 1 amide bonds. The average Bonchev–Trinajstić information content (AvgIpc) is 2.69. The first kappa shape index (κ1) is 22.5. The van der Waals surface area contributed by atoms with Crippen molar-refractivity contribution in [3.8, 4) is 0 Å². The van der Waals surface area contributed by atoms with Crippen LogP contribution in [0.5, 0.6) is 0 Å². The van der Waals surface area contributed by atoms with Gasteiger partial charge in [0, 0.05) is 22.5 Å². The lowest BCUT2D eigenvalue weighted by atomic mass is 10.1. The number of nitrogens with zero attached hydrogens (tertiary/aromatic N) is 1. The molecule has 2 N–H and O–H groups in total. The third kappa shape index (κ3) is 5.32. The van der Waals surface area contributed by atoms with Gasteiger partial charge in [-0.25, -0.2) is 8.42 Å². The van der Waals surface area contributed by atoms with E-state index in [0.29, 0.717) is 10.7 Å². The Labute approximate surface area is 188 Å². The second-order valence-electron chi connectivity index (χ2n) is 6.49. The van der Waals surface area contributed by atoms with Gasteiger partial charge in [0.25, 0.3) is 21.6 Å². The number of amides is 1. The summed E-state index contributed by atoms with van der Waals surface area (Å²) >= 11 is 11.9. The largest absolute Gasteiger partial charge is 0.322 e. The Balaban J connectivity index is 2.03. The van der Waals surface area contributed by atoms with Crippen molar-refractivity contribution in [2.24, 2.45) is 0 Å². The SMILES string of the molecule is Cc1cccc(NC(=O)c2cc(S(=O)(=O)Nc3ccc(Cl)cc3)c([N+](=O)[O-])cc2Cl)c1. The lowest BCUT2D eigenvalue weighted by molar-refractivity contribution is -0.387. The Morgan fingerprint density at radius 2 is 1.68 bits per heavy atom. The number of hydrogen-bond acceptors (Lipinski definition) is 5. The van der Waals surface area contributed by atoms with Gasteiger partial charge in [-0.2, -0.15) is 0 Å². The maximum absolute atomic E-state index is 12.9. The molecule has 8 nitrogen and oxygen atoms in total. The highest BCUT2D eigenvalue weighted by Gasteiger charge is 2.29. The highest BCUT2D eigenvalue weighted by atomic mass is 35.5. The molecule has 11 heteroatoms. The first-order valence-corrected chi connectivity index (χ1v) is 10.9. The lowest BCUT2D eigenvalue weighted by Crippen LogP contribution is -2.18. The van der Waals surface area contributed by atoms with Crippen LogP contribution in [0, 0.1) is 17.0 Å². The maximum atomic E-state index is 12.9. The van der Waals surface area contributed by atoms with E-state index in [0.717, 1.165) is 17.7 Å². The number of nitro groups is 1. The lowest BCUT2D eigenvalue weighted by Gasteiger charge is -2.12. The van der Waals surface area contributed by atoms with Crippen molar-refractivity contribution in [2.75, 3.05) is 10.0 Å². The first-order chi connectivity index (χ1) is 14.6. The van der Waals surface area contributed by atoms with E-state index in [4.69, 9.17) is 23.2 Å². The molecule has 0 aliphatic carbocycles. The molecule has 3 aromatic rings. The Kier molecular flexibility index (Phi) is 6.49. The van der Waals surface area contributed by atoms with Crippen molar-refractivity contribution in [3.63, 3.8) is 0 Å². The molecule has 0 aromatic heterocycles. The zero-order valence-electron chi connectivity index (χ0n) is 15.9. The van der Waals surface area contributed by atoms with E-state index in [1.165, 1.54) is 24.3 Å². The number of sulfonamides is 1. The summed E-state index contributed by atoms with van der Waals surface area (Å²) in [6.07, 6.45) is 0.